The maximum absolute atomic E-state index is 9.87. The van der Waals surface area contributed by atoms with E-state index in [4.69, 9.17) is 9.47 Å². The van der Waals surface area contributed by atoms with Gasteiger partial charge in [-0.2, -0.15) is 0 Å². The van der Waals surface area contributed by atoms with Crippen molar-refractivity contribution < 1.29 is 19.7 Å². The van der Waals surface area contributed by atoms with E-state index in [9.17, 15) is 10.2 Å². The molecule has 118 valence electrons. The smallest absolute Gasteiger partial charge is 0.125 e. The third kappa shape index (κ3) is 3.11. The average molecular weight is 302 g/mol. The van der Waals surface area contributed by atoms with E-state index < -0.39 is 0 Å². The summed E-state index contributed by atoms with van der Waals surface area (Å²) in [5.74, 6) is 1.78. The second kappa shape index (κ2) is 6.60. The fraction of sp³-hybridized carbons (Fsp3) is 0.333. The lowest BCUT2D eigenvalue weighted by molar-refractivity contribution is 0.391. The molecule has 2 rings (SSSR count). The van der Waals surface area contributed by atoms with Gasteiger partial charge in [0.2, 0.25) is 0 Å². The zero-order valence-electron chi connectivity index (χ0n) is 13.4. The first-order valence-electron chi connectivity index (χ1n) is 7.19. The van der Waals surface area contributed by atoms with Crippen LogP contribution in [0.5, 0.6) is 23.0 Å². The number of methoxy groups -OCH3 is 2. The van der Waals surface area contributed by atoms with Crippen LogP contribution in [0.3, 0.4) is 0 Å². The minimum Gasteiger partial charge on any atom is -0.508 e. The van der Waals surface area contributed by atoms with Crippen LogP contribution in [0.25, 0.3) is 0 Å². The average Bonchev–Trinajstić information content (AvgIpc) is 2.53. The molecule has 0 radical (unpaired) electrons. The van der Waals surface area contributed by atoms with E-state index in [1.54, 1.807) is 14.2 Å². The molecule has 0 unspecified atom stereocenters. The zero-order valence-corrected chi connectivity index (χ0v) is 13.4. The van der Waals surface area contributed by atoms with Gasteiger partial charge in [0, 0.05) is 12.1 Å². The maximum atomic E-state index is 9.87. The fourth-order valence-corrected chi connectivity index (χ4v) is 2.63. The van der Waals surface area contributed by atoms with Crippen LogP contribution in [-0.4, -0.2) is 24.4 Å². The quantitative estimate of drug-likeness (QED) is 0.887. The first-order chi connectivity index (χ1) is 10.5. The Hall–Kier alpha value is -2.36. The van der Waals surface area contributed by atoms with Crippen LogP contribution in [0.4, 0.5) is 0 Å². The molecule has 0 aliphatic rings. The Balaban J connectivity index is 2.28. The highest BCUT2D eigenvalue weighted by atomic mass is 16.5. The maximum Gasteiger partial charge on any atom is 0.125 e. The minimum atomic E-state index is 0.125. The van der Waals surface area contributed by atoms with Gasteiger partial charge in [-0.1, -0.05) is 6.07 Å². The van der Waals surface area contributed by atoms with Crippen molar-refractivity contribution in [1.29, 1.82) is 0 Å². The van der Waals surface area contributed by atoms with E-state index >= 15 is 0 Å². The lowest BCUT2D eigenvalue weighted by atomic mass is 9.94. The zero-order chi connectivity index (χ0) is 16.3. The van der Waals surface area contributed by atoms with Crippen LogP contribution in [0.2, 0.25) is 0 Å². The normalized spacial score (nSPS) is 10.5. The van der Waals surface area contributed by atoms with Gasteiger partial charge in [-0.05, 0) is 55.0 Å². The number of hydrogen-bond donors (Lipinski definition) is 2. The van der Waals surface area contributed by atoms with Gasteiger partial charge in [-0.25, -0.2) is 0 Å². The number of aromatic hydroxyl groups is 2. The van der Waals surface area contributed by atoms with Crippen molar-refractivity contribution in [3.8, 4) is 23.0 Å². The van der Waals surface area contributed by atoms with E-state index in [1.807, 2.05) is 32.0 Å². The van der Waals surface area contributed by atoms with Crippen LogP contribution in [0.15, 0.2) is 24.3 Å². The lowest BCUT2D eigenvalue weighted by Gasteiger charge is -2.15. The van der Waals surface area contributed by atoms with Crippen molar-refractivity contribution in [3.05, 3.63) is 46.5 Å². The van der Waals surface area contributed by atoms with E-state index in [-0.39, 0.29) is 11.5 Å². The number of ether oxygens (including phenoxy) is 2. The summed E-state index contributed by atoms with van der Waals surface area (Å²) in [4.78, 5) is 0. The second-order valence-corrected chi connectivity index (χ2v) is 5.32. The minimum absolute atomic E-state index is 0.125. The SMILES string of the molecule is COc1ccc(CCc2c(C)c(O)cc(O)c2C)c(OC)c1. The molecule has 0 atom stereocenters. The van der Waals surface area contributed by atoms with E-state index in [0.29, 0.717) is 6.42 Å². The third-order valence-electron chi connectivity index (χ3n) is 4.09. The second-order valence-electron chi connectivity index (χ2n) is 5.32. The number of rotatable bonds is 5. The van der Waals surface area contributed by atoms with Gasteiger partial charge < -0.3 is 19.7 Å². The molecule has 0 spiro atoms. The summed E-state index contributed by atoms with van der Waals surface area (Å²) < 4.78 is 10.6. The van der Waals surface area contributed by atoms with Crippen molar-refractivity contribution >= 4 is 0 Å². The monoisotopic (exact) mass is 302 g/mol. The van der Waals surface area contributed by atoms with Gasteiger partial charge in [-0.3, -0.25) is 0 Å². The third-order valence-corrected chi connectivity index (χ3v) is 4.09. The topological polar surface area (TPSA) is 58.9 Å². The van der Waals surface area contributed by atoms with Gasteiger partial charge >= 0.3 is 0 Å². The highest BCUT2D eigenvalue weighted by Crippen LogP contribution is 2.33. The molecule has 22 heavy (non-hydrogen) atoms. The molecule has 0 heterocycles. The standard InChI is InChI=1S/C18H22O4/c1-11-15(12(2)17(20)10-16(11)19)8-6-13-5-7-14(21-3)9-18(13)22-4/h5,7,9-10,19-20H,6,8H2,1-4H3. The van der Waals surface area contributed by atoms with Crippen molar-refractivity contribution in [1.82, 2.24) is 0 Å². The summed E-state index contributed by atoms with van der Waals surface area (Å²) >= 11 is 0. The molecule has 4 heteroatoms. The molecule has 0 saturated carbocycles. The predicted octanol–water partition coefficient (Wildman–Crippen LogP) is 3.52. The highest BCUT2D eigenvalue weighted by Gasteiger charge is 2.13. The van der Waals surface area contributed by atoms with Crippen LogP contribution < -0.4 is 9.47 Å². The number of benzene rings is 2. The number of phenolic OH excluding ortho intramolecular Hbond substituents is 2. The summed E-state index contributed by atoms with van der Waals surface area (Å²) in [5.41, 5.74) is 3.64. The molecule has 0 fully saturated rings. The Morgan fingerprint density at radius 3 is 2.05 bits per heavy atom. The highest BCUT2D eigenvalue weighted by molar-refractivity contribution is 5.51. The number of phenols is 2. The molecule has 0 aliphatic heterocycles. The van der Waals surface area contributed by atoms with Crippen LogP contribution >= 0.6 is 0 Å². The van der Waals surface area contributed by atoms with Gasteiger partial charge in [-0.15, -0.1) is 0 Å². The first kappa shape index (κ1) is 16.0. The molecule has 2 aromatic rings. The van der Waals surface area contributed by atoms with Gasteiger partial charge in [0.15, 0.2) is 0 Å². The lowest BCUT2D eigenvalue weighted by Crippen LogP contribution is -2.00. The molecular formula is C18H22O4. The fourth-order valence-electron chi connectivity index (χ4n) is 2.63. The Kier molecular flexibility index (Phi) is 4.81. The van der Waals surface area contributed by atoms with Crippen molar-refractivity contribution in [2.24, 2.45) is 0 Å². The van der Waals surface area contributed by atoms with Crippen molar-refractivity contribution in [3.63, 3.8) is 0 Å². The molecule has 0 aliphatic carbocycles. The van der Waals surface area contributed by atoms with Crippen LogP contribution in [0, 0.1) is 13.8 Å². The first-order valence-corrected chi connectivity index (χ1v) is 7.19. The Morgan fingerprint density at radius 1 is 0.864 bits per heavy atom. The summed E-state index contributed by atoms with van der Waals surface area (Å²) in [6.07, 6.45) is 1.46. The largest absolute Gasteiger partial charge is 0.508 e. The Bertz CT molecular complexity index is 651. The van der Waals surface area contributed by atoms with Crippen LogP contribution in [0.1, 0.15) is 22.3 Å². The van der Waals surface area contributed by atoms with E-state index in [1.165, 1.54) is 6.07 Å². The van der Waals surface area contributed by atoms with Crippen molar-refractivity contribution in [2.45, 2.75) is 26.7 Å². The summed E-state index contributed by atoms with van der Waals surface area (Å²) in [5, 5.41) is 19.7. The van der Waals surface area contributed by atoms with Crippen molar-refractivity contribution in [2.75, 3.05) is 14.2 Å². The number of hydrogen-bond acceptors (Lipinski definition) is 4. The molecule has 2 N–H and O–H groups in total. The Labute approximate surface area is 130 Å². The summed E-state index contributed by atoms with van der Waals surface area (Å²) in [7, 11) is 3.26. The summed E-state index contributed by atoms with van der Waals surface area (Å²) in [6.45, 7) is 3.73. The molecule has 0 aromatic heterocycles. The molecule has 2 aromatic carbocycles. The molecular weight excluding hydrogens is 280 g/mol. The van der Waals surface area contributed by atoms with Gasteiger partial charge in [0.1, 0.15) is 23.0 Å². The van der Waals surface area contributed by atoms with Crippen LogP contribution in [-0.2, 0) is 12.8 Å². The molecule has 0 amide bonds. The predicted molar refractivity (Wildman–Crippen MR) is 86.2 cm³/mol. The summed E-state index contributed by atoms with van der Waals surface area (Å²) in [6, 6.07) is 7.12. The molecule has 0 bridgehead atoms. The van der Waals surface area contributed by atoms with E-state index in [0.717, 1.165) is 40.2 Å². The van der Waals surface area contributed by atoms with Gasteiger partial charge in [0.05, 0.1) is 14.2 Å². The number of aryl methyl sites for hydroxylation is 1. The molecule has 0 saturated heterocycles. The van der Waals surface area contributed by atoms with E-state index in [2.05, 4.69) is 0 Å². The van der Waals surface area contributed by atoms with Gasteiger partial charge in [0.25, 0.3) is 0 Å². The Morgan fingerprint density at radius 2 is 1.50 bits per heavy atom. The molecule has 4 nitrogen and oxygen atoms in total.